The van der Waals surface area contributed by atoms with Crippen LogP contribution in [0.5, 0.6) is 0 Å². The minimum atomic E-state index is 0.0694. The highest BCUT2D eigenvalue weighted by Gasteiger charge is 2.29. The normalized spacial score (nSPS) is 14.4. The van der Waals surface area contributed by atoms with Gasteiger partial charge in [0.15, 0.2) is 0 Å². The van der Waals surface area contributed by atoms with Gasteiger partial charge in [0, 0.05) is 18.3 Å². The zero-order valence-corrected chi connectivity index (χ0v) is 13.8. The second-order valence-corrected chi connectivity index (χ2v) is 6.14. The van der Waals surface area contributed by atoms with E-state index in [4.69, 9.17) is 5.11 Å². The van der Waals surface area contributed by atoms with Crippen molar-refractivity contribution in [3.05, 3.63) is 29.3 Å². The van der Waals surface area contributed by atoms with E-state index in [0.717, 1.165) is 37.1 Å². The predicted molar refractivity (Wildman–Crippen MR) is 90.1 cm³/mol. The van der Waals surface area contributed by atoms with Gasteiger partial charge >= 0.3 is 0 Å². The summed E-state index contributed by atoms with van der Waals surface area (Å²) in [6.45, 7) is 5.72. The number of hydrogen-bond donors (Lipinski definition) is 2. The molecule has 0 heterocycles. The van der Waals surface area contributed by atoms with E-state index < -0.39 is 0 Å². The first kappa shape index (κ1) is 17.0. The molecule has 1 saturated carbocycles. The molecule has 1 aliphatic carbocycles. The van der Waals surface area contributed by atoms with Gasteiger partial charge in [-0.25, -0.2) is 0 Å². The molecule has 0 saturated heterocycles. The van der Waals surface area contributed by atoms with E-state index in [9.17, 15) is 4.79 Å². The number of nitrogens with one attached hydrogen (secondary N) is 1. The number of carbonyl (C=O) groups is 1. The molecule has 22 heavy (non-hydrogen) atoms. The topological polar surface area (TPSA) is 52.6 Å². The molecule has 0 spiro atoms. The lowest BCUT2D eigenvalue weighted by molar-refractivity contribution is -0.117. The van der Waals surface area contributed by atoms with Gasteiger partial charge in [-0.2, -0.15) is 0 Å². The Morgan fingerprint density at radius 1 is 1.36 bits per heavy atom. The third-order valence-corrected chi connectivity index (χ3v) is 4.27. The third kappa shape index (κ3) is 4.82. The van der Waals surface area contributed by atoms with Gasteiger partial charge in [-0.05, 0) is 56.7 Å². The zero-order valence-electron chi connectivity index (χ0n) is 13.8. The molecule has 4 heteroatoms. The molecule has 0 radical (unpaired) electrons. The molecule has 2 rings (SSSR count). The number of carbonyl (C=O) groups excluding carboxylic acids is 1. The molecule has 1 aliphatic rings. The van der Waals surface area contributed by atoms with Crippen LogP contribution in [-0.2, 0) is 11.2 Å². The molecule has 1 fully saturated rings. The first-order valence-electron chi connectivity index (χ1n) is 8.39. The maximum absolute atomic E-state index is 12.4. The number of aliphatic hydroxyl groups excluding tert-OH is 1. The van der Waals surface area contributed by atoms with Crippen molar-refractivity contribution in [2.75, 3.05) is 25.0 Å². The van der Waals surface area contributed by atoms with Gasteiger partial charge < -0.3 is 10.4 Å². The third-order valence-electron chi connectivity index (χ3n) is 4.27. The van der Waals surface area contributed by atoms with Crippen LogP contribution in [0.15, 0.2) is 18.2 Å². The molecule has 122 valence electrons. The number of hydrogen-bond acceptors (Lipinski definition) is 3. The van der Waals surface area contributed by atoms with Crippen LogP contribution in [0.1, 0.15) is 43.7 Å². The Morgan fingerprint density at radius 3 is 2.77 bits per heavy atom. The molecule has 0 aromatic heterocycles. The van der Waals surface area contributed by atoms with E-state index in [-0.39, 0.29) is 12.5 Å². The molecule has 1 amide bonds. The largest absolute Gasteiger partial charge is 0.396 e. The molecule has 4 nitrogen and oxygen atoms in total. The van der Waals surface area contributed by atoms with Crippen molar-refractivity contribution in [2.24, 2.45) is 0 Å². The van der Waals surface area contributed by atoms with Gasteiger partial charge in [-0.15, -0.1) is 0 Å². The predicted octanol–water partition coefficient (Wildman–Crippen LogP) is 2.73. The van der Waals surface area contributed by atoms with E-state index >= 15 is 0 Å². The Kier molecular flexibility index (Phi) is 6.40. The lowest BCUT2D eigenvalue weighted by atomic mass is 10.1. The zero-order chi connectivity index (χ0) is 15.9. The summed E-state index contributed by atoms with van der Waals surface area (Å²) in [5.74, 6) is 0.0694. The van der Waals surface area contributed by atoms with Crippen LogP contribution >= 0.6 is 0 Å². The summed E-state index contributed by atoms with van der Waals surface area (Å²) < 4.78 is 0. The van der Waals surface area contributed by atoms with Gasteiger partial charge in [0.2, 0.25) is 5.91 Å². The number of nitrogens with zero attached hydrogens (tertiary/aromatic N) is 1. The molecular weight excluding hydrogens is 276 g/mol. The van der Waals surface area contributed by atoms with E-state index in [2.05, 4.69) is 23.2 Å². The summed E-state index contributed by atoms with van der Waals surface area (Å²) in [7, 11) is 0. The highest BCUT2D eigenvalue weighted by molar-refractivity contribution is 5.93. The molecular formula is C18H28N2O2. The molecule has 0 aliphatic heterocycles. The van der Waals surface area contributed by atoms with Crippen LogP contribution in [0, 0.1) is 6.92 Å². The summed E-state index contributed by atoms with van der Waals surface area (Å²) >= 11 is 0. The Hall–Kier alpha value is -1.39. The average molecular weight is 304 g/mol. The second kappa shape index (κ2) is 8.30. The van der Waals surface area contributed by atoms with E-state index in [0.29, 0.717) is 12.6 Å². The molecule has 1 aromatic carbocycles. The molecule has 1 aromatic rings. The minimum absolute atomic E-state index is 0.0694. The highest BCUT2D eigenvalue weighted by atomic mass is 16.2. The number of benzene rings is 1. The summed E-state index contributed by atoms with van der Waals surface area (Å²) in [6.07, 6.45) is 5.06. The maximum Gasteiger partial charge on any atom is 0.238 e. The number of unbranched alkanes of at least 4 members (excludes halogenated alkanes) is 1. The molecule has 0 atom stereocenters. The van der Waals surface area contributed by atoms with Crippen LogP contribution in [-0.4, -0.2) is 41.7 Å². The molecule has 2 N–H and O–H groups in total. The van der Waals surface area contributed by atoms with Crippen molar-refractivity contribution >= 4 is 11.6 Å². The SMILES string of the molecule is CCc1cccc(C)c1NC(=O)CN(CCCCO)C1CC1. The first-order valence-corrected chi connectivity index (χ1v) is 8.39. The van der Waals surface area contributed by atoms with Crippen LogP contribution in [0.4, 0.5) is 5.69 Å². The number of aryl methyl sites for hydroxylation is 2. The summed E-state index contributed by atoms with van der Waals surface area (Å²) in [5, 5.41) is 12.0. The number of amides is 1. The van der Waals surface area contributed by atoms with Gasteiger partial charge in [0.25, 0.3) is 0 Å². The van der Waals surface area contributed by atoms with Gasteiger partial charge in [0.05, 0.1) is 6.54 Å². The van der Waals surface area contributed by atoms with E-state index in [1.807, 2.05) is 19.1 Å². The quantitative estimate of drug-likeness (QED) is 0.690. The van der Waals surface area contributed by atoms with Crippen LogP contribution in [0.25, 0.3) is 0 Å². The minimum Gasteiger partial charge on any atom is -0.396 e. The smallest absolute Gasteiger partial charge is 0.238 e. The highest BCUT2D eigenvalue weighted by Crippen LogP contribution is 2.27. The van der Waals surface area contributed by atoms with Crippen molar-refractivity contribution < 1.29 is 9.90 Å². The van der Waals surface area contributed by atoms with Crippen molar-refractivity contribution in [2.45, 2.75) is 52.0 Å². The number of rotatable bonds is 9. The second-order valence-electron chi connectivity index (χ2n) is 6.14. The van der Waals surface area contributed by atoms with Gasteiger partial charge in [0.1, 0.15) is 0 Å². The Bertz CT molecular complexity index is 498. The Morgan fingerprint density at radius 2 is 2.14 bits per heavy atom. The lowest BCUT2D eigenvalue weighted by Gasteiger charge is -2.22. The Labute approximate surface area is 133 Å². The average Bonchev–Trinajstić information content (AvgIpc) is 3.33. The van der Waals surface area contributed by atoms with Crippen LogP contribution in [0.2, 0.25) is 0 Å². The Balaban J connectivity index is 1.93. The summed E-state index contributed by atoms with van der Waals surface area (Å²) in [6, 6.07) is 6.71. The first-order chi connectivity index (χ1) is 10.7. The van der Waals surface area contributed by atoms with Gasteiger partial charge in [-0.3, -0.25) is 9.69 Å². The van der Waals surface area contributed by atoms with Crippen molar-refractivity contribution in [1.29, 1.82) is 0 Å². The fourth-order valence-electron chi connectivity index (χ4n) is 2.82. The monoisotopic (exact) mass is 304 g/mol. The van der Waals surface area contributed by atoms with E-state index in [1.54, 1.807) is 0 Å². The van der Waals surface area contributed by atoms with Crippen LogP contribution < -0.4 is 5.32 Å². The number of aliphatic hydroxyl groups is 1. The van der Waals surface area contributed by atoms with Crippen molar-refractivity contribution in [3.63, 3.8) is 0 Å². The summed E-state index contributed by atoms with van der Waals surface area (Å²) in [4.78, 5) is 14.7. The lowest BCUT2D eigenvalue weighted by Crippen LogP contribution is -2.36. The standard InChI is InChI=1S/C18H28N2O2/c1-3-15-8-6-7-14(2)18(15)19-17(22)13-20(16-9-10-16)11-4-5-12-21/h6-8,16,21H,3-5,9-13H2,1-2H3,(H,19,22). The van der Waals surface area contributed by atoms with E-state index in [1.165, 1.54) is 18.4 Å². The maximum atomic E-state index is 12.4. The molecule has 0 bridgehead atoms. The fraction of sp³-hybridized carbons (Fsp3) is 0.611. The summed E-state index contributed by atoms with van der Waals surface area (Å²) in [5.41, 5.74) is 3.28. The van der Waals surface area contributed by atoms with Crippen molar-refractivity contribution in [3.8, 4) is 0 Å². The molecule has 0 unspecified atom stereocenters. The van der Waals surface area contributed by atoms with Gasteiger partial charge in [-0.1, -0.05) is 25.1 Å². The van der Waals surface area contributed by atoms with Crippen molar-refractivity contribution in [1.82, 2.24) is 4.90 Å². The number of anilines is 1. The fourth-order valence-corrected chi connectivity index (χ4v) is 2.82. The number of para-hydroxylation sites is 1. The van der Waals surface area contributed by atoms with Crippen LogP contribution in [0.3, 0.4) is 0 Å².